The van der Waals surface area contributed by atoms with Gasteiger partial charge in [0.15, 0.2) is 0 Å². The third kappa shape index (κ3) is 4.04. The highest BCUT2D eigenvalue weighted by Crippen LogP contribution is 2.28. The molecule has 0 N–H and O–H groups in total. The molecule has 0 fully saturated rings. The zero-order valence-corrected chi connectivity index (χ0v) is 12.6. The second-order valence-corrected chi connectivity index (χ2v) is 5.14. The van der Waals surface area contributed by atoms with Crippen LogP contribution >= 0.6 is 15.9 Å². The number of pyridine rings is 1. The van der Waals surface area contributed by atoms with Crippen molar-refractivity contribution in [2.75, 3.05) is 13.7 Å². The molecule has 1 aromatic carbocycles. The molecule has 0 unspecified atom stereocenters. The van der Waals surface area contributed by atoms with Crippen LogP contribution < -0.4 is 4.74 Å². The summed E-state index contributed by atoms with van der Waals surface area (Å²) >= 11 is 3.45. The summed E-state index contributed by atoms with van der Waals surface area (Å²) in [4.78, 5) is 4.26. The first-order chi connectivity index (χ1) is 9.19. The van der Waals surface area contributed by atoms with Crippen molar-refractivity contribution in [1.29, 1.82) is 0 Å². The first-order valence-corrected chi connectivity index (χ1v) is 6.86. The molecule has 0 bridgehead atoms. The molecule has 100 valence electrons. The highest BCUT2D eigenvalue weighted by molar-refractivity contribution is 9.10. The van der Waals surface area contributed by atoms with Crippen molar-refractivity contribution >= 4 is 15.9 Å². The fourth-order valence-electron chi connectivity index (χ4n) is 1.65. The smallest absolute Gasteiger partial charge is 0.233 e. The number of rotatable bonds is 5. The second-order valence-electron chi connectivity index (χ2n) is 4.29. The van der Waals surface area contributed by atoms with Gasteiger partial charge in [-0.1, -0.05) is 12.1 Å². The summed E-state index contributed by atoms with van der Waals surface area (Å²) < 4.78 is 11.6. The van der Waals surface area contributed by atoms with Crippen molar-refractivity contribution in [3.63, 3.8) is 0 Å². The predicted molar refractivity (Wildman–Crippen MR) is 78.8 cm³/mol. The van der Waals surface area contributed by atoms with Gasteiger partial charge in [-0.2, -0.15) is 0 Å². The minimum absolute atomic E-state index is 0.579. The van der Waals surface area contributed by atoms with E-state index in [1.807, 2.05) is 37.3 Å². The van der Waals surface area contributed by atoms with E-state index in [0.717, 1.165) is 28.8 Å². The Hall–Kier alpha value is -1.39. The van der Waals surface area contributed by atoms with Gasteiger partial charge in [0, 0.05) is 13.3 Å². The highest BCUT2D eigenvalue weighted by atomic mass is 79.9. The topological polar surface area (TPSA) is 31.4 Å². The molecule has 0 aliphatic heterocycles. The van der Waals surface area contributed by atoms with E-state index in [2.05, 4.69) is 20.9 Å². The fourth-order valence-corrected chi connectivity index (χ4v) is 2.20. The quantitative estimate of drug-likeness (QED) is 0.829. The fraction of sp³-hybridized carbons (Fsp3) is 0.267. The molecule has 0 aliphatic rings. The lowest BCUT2D eigenvalue weighted by atomic mass is 10.1. The first-order valence-electron chi connectivity index (χ1n) is 6.07. The molecule has 2 aromatic rings. The zero-order valence-electron chi connectivity index (χ0n) is 11.0. The SMILES string of the molecule is COCCc1ccc(Oc2ncc(C)cc2Br)cc1. The van der Waals surface area contributed by atoms with Crippen LogP contribution in [0.4, 0.5) is 0 Å². The van der Waals surface area contributed by atoms with Gasteiger partial charge in [0.2, 0.25) is 5.88 Å². The van der Waals surface area contributed by atoms with Crippen LogP contribution in [-0.4, -0.2) is 18.7 Å². The van der Waals surface area contributed by atoms with Gasteiger partial charge >= 0.3 is 0 Å². The molecule has 19 heavy (non-hydrogen) atoms. The molecule has 0 radical (unpaired) electrons. The van der Waals surface area contributed by atoms with E-state index in [4.69, 9.17) is 9.47 Å². The van der Waals surface area contributed by atoms with E-state index in [0.29, 0.717) is 5.88 Å². The Labute approximate surface area is 121 Å². The third-order valence-corrected chi connectivity index (χ3v) is 3.24. The van der Waals surface area contributed by atoms with Crippen molar-refractivity contribution in [3.05, 3.63) is 52.1 Å². The summed E-state index contributed by atoms with van der Waals surface area (Å²) in [5, 5.41) is 0. The van der Waals surface area contributed by atoms with E-state index in [9.17, 15) is 0 Å². The average Bonchev–Trinajstić information content (AvgIpc) is 2.41. The van der Waals surface area contributed by atoms with E-state index in [1.54, 1.807) is 13.3 Å². The van der Waals surface area contributed by atoms with Gasteiger partial charge in [-0.05, 0) is 58.6 Å². The number of benzene rings is 1. The van der Waals surface area contributed by atoms with Crippen molar-refractivity contribution < 1.29 is 9.47 Å². The van der Waals surface area contributed by atoms with Gasteiger partial charge in [-0.15, -0.1) is 0 Å². The van der Waals surface area contributed by atoms with Gasteiger partial charge in [-0.3, -0.25) is 0 Å². The molecule has 0 atom stereocenters. The summed E-state index contributed by atoms with van der Waals surface area (Å²) in [6, 6.07) is 9.94. The molecule has 0 amide bonds. The number of hydrogen-bond donors (Lipinski definition) is 0. The van der Waals surface area contributed by atoms with Crippen LogP contribution in [0.2, 0.25) is 0 Å². The molecule has 1 heterocycles. The molecular formula is C15H16BrNO2. The summed E-state index contributed by atoms with van der Waals surface area (Å²) in [6.07, 6.45) is 2.69. The second kappa shape index (κ2) is 6.68. The van der Waals surface area contributed by atoms with Crippen molar-refractivity contribution in [2.45, 2.75) is 13.3 Å². The Bertz CT molecular complexity index is 540. The van der Waals surface area contributed by atoms with Crippen molar-refractivity contribution in [2.24, 2.45) is 0 Å². The number of halogens is 1. The molecule has 0 aliphatic carbocycles. The Morgan fingerprint density at radius 3 is 2.58 bits per heavy atom. The predicted octanol–water partition coefficient (Wildman–Crippen LogP) is 4.13. The summed E-state index contributed by atoms with van der Waals surface area (Å²) in [5.41, 5.74) is 2.32. The third-order valence-electron chi connectivity index (χ3n) is 2.68. The summed E-state index contributed by atoms with van der Waals surface area (Å²) in [5.74, 6) is 1.36. The van der Waals surface area contributed by atoms with E-state index >= 15 is 0 Å². The maximum absolute atomic E-state index is 5.73. The molecule has 3 nitrogen and oxygen atoms in total. The Morgan fingerprint density at radius 2 is 1.95 bits per heavy atom. The van der Waals surface area contributed by atoms with Crippen LogP contribution in [0, 0.1) is 6.92 Å². The van der Waals surface area contributed by atoms with E-state index in [1.165, 1.54) is 5.56 Å². The first kappa shape index (κ1) is 14.0. The van der Waals surface area contributed by atoms with E-state index in [-0.39, 0.29) is 0 Å². The standard InChI is InChI=1S/C15H16BrNO2/c1-11-9-14(16)15(17-10-11)19-13-5-3-12(4-6-13)7-8-18-2/h3-6,9-10H,7-8H2,1-2H3. The number of methoxy groups -OCH3 is 1. The Balaban J connectivity index is 2.06. The normalized spacial score (nSPS) is 10.5. The number of aromatic nitrogens is 1. The number of hydrogen-bond acceptors (Lipinski definition) is 3. The largest absolute Gasteiger partial charge is 0.438 e. The molecule has 1 aromatic heterocycles. The zero-order chi connectivity index (χ0) is 13.7. The maximum atomic E-state index is 5.73. The number of ether oxygens (including phenoxy) is 2. The van der Waals surface area contributed by atoms with Crippen LogP contribution in [0.3, 0.4) is 0 Å². The average molecular weight is 322 g/mol. The minimum atomic E-state index is 0.579. The monoisotopic (exact) mass is 321 g/mol. The van der Waals surface area contributed by atoms with Gasteiger partial charge in [0.05, 0.1) is 11.1 Å². The summed E-state index contributed by atoms with van der Waals surface area (Å²) in [6.45, 7) is 2.72. The van der Waals surface area contributed by atoms with Crippen LogP contribution in [0.25, 0.3) is 0 Å². The van der Waals surface area contributed by atoms with E-state index < -0.39 is 0 Å². The highest BCUT2D eigenvalue weighted by Gasteiger charge is 2.04. The molecule has 4 heteroatoms. The Kier molecular flexibility index (Phi) is 4.93. The van der Waals surface area contributed by atoms with Crippen LogP contribution in [0.15, 0.2) is 41.0 Å². The van der Waals surface area contributed by atoms with Crippen LogP contribution in [0.1, 0.15) is 11.1 Å². The summed E-state index contributed by atoms with van der Waals surface area (Å²) in [7, 11) is 1.71. The minimum Gasteiger partial charge on any atom is -0.438 e. The van der Waals surface area contributed by atoms with Crippen LogP contribution in [0.5, 0.6) is 11.6 Å². The molecule has 2 rings (SSSR count). The van der Waals surface area contributed by atoms with Gasteiger partial charge in [0.1, 0.15) is 5.75 Å². The lowest BCUT2D eigenvalue weighted by Gasteiger charge is -2.08. The van der Waals surface area contributed by atoms with Gasteiger partial charge in [-0.25, -0.2) is 4.98 Å². The number of nitrogens with zero attached hydrogens (tertiary/aromatic N) is 1. The molecule has 0 saturated heterocycles. The lowest BCUT2D eigenvalue weighted by Crippen LogP contribution is -1.94. The lowest BCUT2D eigenvalue weighted by molar-refractivity contribution is 0.202. The molecule has 0 spiro atoms. The Morgan fingerprint density at radius 1 is 1.21 bits per heavy atom. The van der Waals surface area contributed by atoms with Gasteiger partial charge in [0.25, 0.3) is 0 Å². The van der Waals surface area contributed by atoms with Crippen molar-refractivity contribution in [3.8, 4) is 11.6 Å². The van der Waals surface area contributed by atoms with Gasteiger partial charge < -0.3 is 9.47 Å². The molecule has 0 saturated carbocycles. The molecular weight excluding hydrogens is 306 g/mol. The maximum Gasteiger partial charge on any atom is 0.233 e. The van der Waals surface area contributed by atoms with Crippen molar-refractivity contribution in [1.82, 2.24) is 4.98 Å². The van der Waals surface area contributed by atoms with Crippen LogP contribution in [-0.2, 0) is 11.2 Å². The number of aryl methyl sites for hydroxylation is 1.